The van der Waals surface area contributed by atoms with Crippen LogP contribution in [0.2, 0.25) is 0 Å². The second-order valence-electron chi connectivity index (χ2n) is 3.39. The molecule has 0 unspecified atom stereocenters. The van der Waals surface area contributed by atoms with E-state index < -0.39 is 5.97 Å². The van der Waals surface area contributed by atoms with E-state index in [-0.39, 0.29) is 6.42 Å². The van der Waals surface area contributed by atoms with Crippen LogP contribution in [0.4, 0.5) is 0 Å². The topological polar surface area (TPSA) is 46.5 Å². The molecule has 0 saturated carbocycles. The van der Waals surface area contributed by atoms with Gasteiger partial charge in [-0.1, -0.05) is 30.0 Å². The van der Waals surface area contributed by atoms with E-state index in [2.05, 4.69) is 5.73 Å². The number of benzene rings is 1. The number of carboxylic acids is 1. The molecule has 3 nitrogen and oxygen atoms in total. The summed E-state index contributed by atoms with van der Waals surface area (Å²) in [4.78, 5) is 10.6. The van der Waals surface area contributed by atoms with E-state index in [0.29, 0.717) is 0 Å². The first-order valence-electron chi connectivity index (χ1n) is 4.89. The maximum Gasteiger partial charge on any atom is 0.307 e. The number of hydrogen-bond acceptors (Lipinski definition) is 2. The third kappa shape index (κ3) is 3.64. The van der Waals surface area contributed by atoms with Gasteiger partial charge in [0.15, 0.2) is 0 Å². The van der Waals surface area contributed by atoms with Crippen LogP contribution in [0.3, 0.4) is 0 Å². The van der Waals surface area contributed by atoms with Crippen LogP contribution in [0, 0.1) is 0 Å². The van der Waals surface area contributed by atoms with Gasteiger partial charge < -0.3 is 9.84 Å². The van der Waals surface area contributed by atoms with E-state index >= 15 is 0 Å². The van der Waals surface area contributed by atoms with Gasteiger partial charge in [-0.05, 0) is 18.1 Å². The van der Waals surface area contributed by atoms with Gasteiger partial charge in [-0.15, -0.1) is 0 Å². The smallest absolute Gasteiger partial charge is 0.307 e. The van der Waals surface area contributed by atoms with Gasteiger partial charge in [-0.25, -0.2) is 0 Å². The molecule has 0 amide bonds. The van der Waals surface area contributed by atoms with Gasteiger partial charge in [0.2, 0.25) is 0 Å². The van der Waals surface area contributed by atoms with Crippen LogP contribution in [-0.2, 0) is 16.0 Å². The van der Waals surface area contributed by atoms with E-state index in [4.69, 9.17) is 9.84 Å². The van der Waals surface area contributed by atoms with E-state index in [9.17, 15) is 4.79 Å². The highest BCUT2D eigenvalue weighted by Gasteiger charge is 2.01. The lowest BCUT2D eigenvalue weighted by molar-refractivity contribution is -0.136. The molecule has 84 valence electrons. The first-order chi connectivity index (χ1) is 7.63. The summed E-state index contributed by atoms with van der Waals surface area (Å²) in [5, 5.41) is 8.69. The van der Waals surface area contributed by atoms with Crippen molar-refractivity contribution in [1.82, 2.24) is 0 Å². The lowest BCUT2D eigenvalue weighted by Gasteiger charge is -2.01. The molecule has 0 aliphatic heterocycles. The van der Waals surface area contributed by atoms with Crippen molar-refractivity contribution in [2.45, 2.75) is 13.3 Å². The fourth-order valence-electron chi connectivity index (χ4n) is 1.32. The Bertz CT molecular complexity index is 440. The maximum absolute atomic E-state index is 10.6. The highest BCUT2D eigenvalue weighted by Crippen LogP contribution is 2.14. The van der Waals surface area contributed by atoms with Crippen LogP contribution in [-0.4, -0.2) is 18.2 Å². The summed E-state index contributed by atoms with van der Waals surface area (Å²) in [6, 6.07) is 7.40. The average molecular weight is 218 g/mol. The Morgan fingerprint density at radius 2 is 2.31 bits per heavy atom. The molecule has 1 aromatic rings. The number of allylic oxidation sites excluding steroid dienone is 1. The van der Waals surface area contributed by atoms with E-state index in [0.717, 1.165) is 16.7 Å². The summed E-state index contributed by atoms with van der Waals surface area (Å²) in [5.41, 5.74) is 5.59. The zero-order chi connectivity index (χ0) is 12.0. The first-order valence-corrected chi connectivity index (χ1v) is 4.89. The van der Waals surface area contributed by atoms with Crippen molar-refractivity contribution in [2.75, 3.05) is 7.11 Å². The van der Waals surface area contributed by atoms with Crippen molar-refractivity contribution in [1.29, 1.82) is 0 Å². The lowest BCUT2D eigenvalue weighted by Crippen LogP contribution is -2.00. The molecule has 0 aliphatic carbocycles. The van der Waals surface area contributed by atoms with Crippen molar-refractivity contribution >= 4 is 11.5 Å². The molecule has 0 heterocycles. The summed E-state index contributed by atoms with van der Waals surface area (Å²) in [6.07, 6.45) is 1.51. The predicted octanol–water partition coefficient (Wildman–Crippen LogP) is 2.48. The zero-order valence-electron chi connectivity index (χ0n) is 9.36. The van der Waals surface area contributed by atoms with Crippen molar-refractivity contribution in [2.24, 2.45) is 0 Å². The van der Waals surface area contributed by atoms with Crippen LogP contribution < -0.4 is 0 Å². The Labute approximate surface area is 94.7 Å². The molecule has 16 heavy (non-hydrogen) atoms. The molecular weight excluding hydrogens is 204 g/mol. The highest BCUT2D eigenvalue weighted by atomic mass is 16.5. The summed E-state index contributed by atoms with van der Waals surface area (Å²) in [6.45, 7) is 1.90. The second-order valence-corrected chi connectivity index (χ2v) is 3.39. The van der Waals surface area contributed by atoms with Crippen LogP contribution in [0.15, 0.2) is 36.3 Å². The average Bonchev–Trinajstić information content (AvgIpc) is 2.25. The normalized spacial score (nSPS) is 9.12. The van der Waals surface area contributed by atoms with Crippen LogP contribution in [0.5, 0.6) is 0 Å². The van der Waals surface area contributed by atoms with Crippen LogP contribution in [0.25, 0.3) is 5.57 Å². The fourth-order valence-corrected chi connectivity index (χ4v) is 1.32. The van der Waals surface area contributed by atoms with Gasteiger partial charge in [0.25, 0.3) is 0 Å². The number of aliphatic carboxylic acids is 1. The van der Waals surface area contributed by atoms with Crippen LogP contribution >= 0.6 is 0 Å². The minimum atomic E-state index is -0.828. The largest absolute Gasteiger partial charge is 0.496 e. The Kier molecular flexibility index (Phi) is 4.37. The van der Waals surface area contributed by atoms with Gasteiger partial charge in [0, 0.05) is 5.57 Å². The summed E-state index contributed by atoms with van der Waals surface area (Å²) in [5.74, 6) is -0.828. The SMILES string of the molecule is COC=C=C(C)c1cccc(CC(=O)O)c1. The molecule has 1 N–H and O–H groups in total. The maximum atomic E-state index is 10.6. The van der Waals surface area contributed by atoms with E-state index in [1.807, 2.05) is 25.1 Å². The van der Waals surface area contributed by atoms with Gasteiger partial charge >= 0.3 is 5.97 Å². The third-order valence-electron chi connectivity index (χ3n) is 2.11. The fraction of sp³-hybridized carbons (Fsp3) is 0.231. The Balaban J connectivity index is 2.98. The Morgan fingerprint density at radius 3 is 2.94 bits per heavy atom. The molecule has 1 rings (SSSR count). The molecule has 1 aromatic carbocycles. The van der Waals surface area contributed by atoms with Gasteiger partial charge in [0.05, 0.1) is 13.5 Å². The molecule has 0 fully saturated rings. The van der Waals surface area contributed by atoms with Gasteiger partial charge in [0.1, 0.15) is 6.26 Å². The van der Waals surface area contributed by atoms with Crippen molar-refractivity contribution in [3.63, 3.8) is 0 Å². The van der Waals surface area contributed by atoms with Gasteiger partial charge in [-0.2, -0.15) is 0 Å². The first kappa shape index (κ1) is 12.1. The number of carboxylic acid groups (broad SMARTS) is 1. The Morgan fingerprint density at radius 1 is 1.56 bits per heavy atom. The number of ether oxygens (including phenoxy) is 1. The summed E-state index contributed by atoms with van der Waals surface area (Å²) >= 11 is 0. The number of carbonyl (C=O) groups is 1. The molecule has 0 radical (unpaired) electrons. The van der Waals surface area contributed by atoms with Crippen molar-refractivity contribution in [3.8, 4) is 0 Å². The zero-order valence-corrected chi connectivity index (χ0v) is 9.36. The van der Waals surface area contributed by atoms with E-state index in [1.165, 1.54) is 6.26 Å². The monoisotopic (exact) mass is 218 g/mol. The van der Waals surface area contributed by atoms with Crippen molar-refractivity contribution in [3.05, 3.63) is 47.4 Å². The molecule has 0 aromatic heterocycles. The number of hydrogen-bond donors (Lipinski definition) is 1. The standard InChI is InChI=1S/C13H14O3/c1-10(6-7-16-2)12-5-3-4-11(8-12)9-13(14)15/h3-5,7-8H,9H2,1-2H3,(H,14,15). The lowest BCUT2D eigenvalue weighted by atomic mass is 10.0. The molecule has 0 spiro atoms. The minimum absolute atomic E-state index is 0.0368. The molecular formula is C13H14O3. The number of rotatable bonds is 4. The van der Waals surface area contributed by atoms with E-state index in [1.54, 1.807) is 13.2 Å². The highest BCUT2D eigenvalue weighted by molar-refractivity contribution is 5.71. The molecule has 0 saturated heterocycles. The summed E-state index contributed by atoms with van der Waals surface area (Å²) in [7, 11) is 1.56. The molecule has 0 atom stereocenters. The third-order valence-corrected chi connectivity index (χ3v) is 2.11. The molecule has 0 bridgehead atoms. The van der Waals surface area contributed by atoms with Gasteiger partial charge in [-0.3, -0.25) is 4.79 Å². The predicted molar refractivity (Wildman–Crippen MR) is 62.0 cm³/mol. The Hall–Kier alpha value is -1.99. The summed E-state index contributed by atoms with van der Waals surface area (Å²) < 4.78 is 4.78. The number of methoxy groups -OCH3 is 1. The minimum Gasteiger partial charge on any atom is -0.496 e. The van der Waals surface area contributed by atoms with Crippen molar-refractivity contribution < 1.29 is 14.6 Å². The molecule has 0 aliphatic rings. The molecule has 3 heteroatoms. The van der Waals surface area contributed by atoms with Crippen LogP contribution in [0.1, 0.15) is 18.1 Å². The second kappa shape index (κ2) is 5.79. The quantitative estimate of drug-likeness (QED) is 0.623.